The molecule has 0 aliphatic heterocycles. The summed E-state index contributed by atoms with van der Waals surface area (Å²) in [6.07, 6.45) is 0.174. The summed E-state index contributed by atoms with van der Waals surface area (Å²) >= 11 is 0. The van der Waals surface area contributed by atoms with Gasteiger partial charge in [0.15, 0.2) is 0 Å². The second-order valence-corrected chi connectivity index (χ2v) is 7.36. The van der Waals surface area contributed by atoms with Crippen molar-refractivity contribution in [2.24, 2.45) is 0 Å². The molecule has 32 heavy (non-hydrogen) atoms. The molecule has 2 amide bonds. The molecule has 3 aromatic carbocycles. The first-order valence-corrected chi connectivity index (χ1v) is 10.5. The monoisotopic (exact) mass is 432 g/mol. The van der Waals surface area contributed by atoms with Crippen LogP contribution in [0, 0.1) is 0 Å². The maximum Gasteiger partial charge on any atom is 0.247 e. The van der Waals surface area contributed by atoms with Gasteiger partial charge in [-0.2, -0.15) is 0 Å². The molecular weight excluding hydrogens is 404 g/mol. The number of amides is 2. The predicted octanol–water partition coefficient (Wildman–Crippen LogP) is 3.12. The van der Waals surface area contributed by atoms with Gasteiger partial charge in [0.25, 0.3) is 0 Å². The molecule has 6 nitrogen and oxygen atoms in total. The lowest BCUT2D eigenvalue weighted by Gasteiger charge is -2.32. The smallest absolute Gasteiger partial charge is 0.247 e. The molecule has 2 N–H and O–H groups in total. The first-order chi connectivity index (χ1) is 15.6. The number of ether oxygens (including phenoxy) is 1. The molecule has 3 rings (SSSR count). The fraction of sp³-hybridized carbons (Fsp3) is 0.231. The highest BCUT2D eigenvalue weighted by molar-refractivity contribution is 5.89. The van der Waals surface area contributed by atoms with Crippen LogP contribution in [-0.4, -0.2) is 42.1 Å². The average Bonchev–Trinajstić information content (AvgIpc) is 2.84. The van der Waals surface area contributed by atoms with Gasteiger partial charge >= 0.3 is 0 Å². The molecule has 0 radical (unpaired) electrons. The van der Waals surface area contributed by atoms with Crippen molar-refractivity contribution >= 4 is 11.8 Å². The van der Waals surface area contributed by atoms with Gasteiger partial charge in [-0.1, -0.05) is 72.8 Å². The van der Waals surface area contributed by atoms with Crippen molar-refractivity contribution in [2.75, 3.05) is 20.3 Å². The van der Waals surface area contributed by atoms with Gasteiger partial charge < -0.3 is 20.1 Å². The predicted molar refractivity (Wildman–Crippen MR) is 123 cm³/mol. The average molecular weight is 433 g/mol. The van der Waals surface area contributed by atoms with E-state index in [1.165, 1.54) is 0 Å². The van der Waals surface area contributed by atoms with Gasteiger partial charge in [-0.3, -0.25) is 9.59 Å². The van der Waals surface area contributed by atoms with Crippen LogP contribution in [0.5, 0.6) is 5.75 Å². The molecule has 166 valence electrons. The third kappa shape index (κ3) is 6.18. The number of rotatable bonds is 10. The van der Waals surface area contributed by atoms with Crippen molar-refractivity contribution in [1.82, 2.24) is 10.2 Å². The Bertz CT molecular complexity index is 991. The topological polar surface area (TPSA) is 78.9 Å². The van der Waals surface area contributed by atoms with Gasteiger partial charge in [0.2, 0.25) is 11.8 Å². The zero-order valence-electron chi connectivity index (χ0n) is 18.1. The van der Waals surface area contributed by atoms with Gasteiger partial charge in [-0.15, -0.1) is 0 Å². The molecule has 0 aromatic heterocycles. The summed E-state index contributed by atoms with van der Waals surface area (Å²) in [4.78, 5) is 28.3. The zero-order chi connectivity index (χ0) is 22.8. The Hall–Kier alpha value is -3.64. The van der Waals surface area contributed by atoms with E-state index in [-0.39, 0.29) is 37.9 Å². The zero-order valence-corrected chi connectivity index (χ0v) is 18.1. The molecule has 0 saturated carbocycles. The lowest BCUT2D eigenvalue weighted by Crippen LogP contribution is -2.44. The molecule has 3 aromatic rings. The highest BCUT2D eigenvalue weighted by Gasteiger charge is 2.31. The number of hydrogen-bond acceptors (Lipinski definition) is 4. The molecule has 1 atom stereocenters. The van der Waals surface area contributed by atoms with Crippen molar-refractivity contribution < 1.29 is 19.4 Å². The van der Waals surface area contributed by atoms with Crippen molar-refractivity contribution in [1.29, 1.82) is 0 Å². The van der Waals surface area contributed by atoms with E-state index in [1.807, 2.05) is 84.9 Å². The van der Waals surface area contributed by atoms with Crippen LogP contribution in [-0.2, 0) is 22.6 Å². The summed E-state index contributed by atoms with van der Waals surface area (Å²) < 4.78 is 5.23. The maximum atomic E-state index is 13.5. The normalized spacial score (nSPS) is 11.4. The van der Waals surface area contributed by atoms with Gasteiger partial charge in [0.1, 0.15) is 11.8 Å². The van der Waals surface area contributed by atoms with E-state index in [1.54, 1.807) is 12.0 Å². The van der Waals surface area contributed by atoms with Crippen molar-refractivity contribution in [3.8, 4) is 5.75 Å². The standard InChI is InChI=1S/C26H28N2O4/c1-32-23-14-12-21(13-15-23)19-28(24(30)18-20-8-4-2-5-9-20)25(26(31)27-16-17-29)22-10-6-3-7-11-22/h2-15,25,29H,16-19H2,1H3,(H,27,31). The lowest BCUT2D eigenvalue weighted by molar-refractivity contribution is -0.141. The van der Waals surface area contributed by atoms with E-state index in [4.69, 9.17) is 4.74 Å². The minimum Gasteiger partial charge on any atom is -0.497 e. The molecule has 1 unspecified atom stereocenters. The highest BCUT2D eigenvalue weighted by Crippen LogP contribution is 2.25. The number of nitrogens with zero attached hydrogens (tertiary/aromatic N) is 1. The summed E-state index contributed by atoms with van der Waals surface area (Å²) in [5.41, 5.74) is 2.46. The van der Waals surface area contributed by atoms with Gasteiger partial charge in [-0.25, -0.2) is 0 Å². The minimum atomic E-state index is -0.832. The number of aliphatic hydroxyl groups excluding tert-OH is 1. The van der Waals surface area contributed by atoms with E-state index in [0.717, 1.165) is 16.9 Å². The number of aliphatic hydroxyl groups is 1. The summed E-state index contributed by atoms with van der Waals surface area (Å²) in [6, 6.07) is 25.3. The molecule has 0 spiro atoms. The summed E-state index contributed by atoms with van der Waals surface area (Å²) in [7, 11) is 1.60. The van der Waals surface area contributed by atoms with Crippen LogP contribution < -0.4 is 10.1 Å². The number of methoxy groups -OCH3 is 1. The number of carbonyl (C=O) groups excluding carboxylic acids is 2. The Morgan fingerprint density at radius 3 is 2.12 bits per heavy atom. The van der Waals surface area contributed by atoms with Crippen LogP contribution in [0.3, 0.4) is 0 Å². The van der Waals surface area contributed by atoms with Crippen LogP contribution in [0.4, 0.5) is 0 Å². The van der Waals surface area contributed by atoms with Crippen LogP contribution >= 0.6 is 0 Å². The molecule has 0 aliphatic carbocycles. The van der Waals surface area contributed by atoms with E-state index in [2.05, 4.69) is 5.32 Å². The second-order valence-electron chi connectivity index (χ2n) is 7.36. The van der Waals surface area contributed by atoms with Crippen LogP contribution in [0.15, 0.2) is 84.9 Å². The quantitative estimate of drug-likeness (QED) is 0.516. The summed E-state index contributed by atoms with van der Waals surface area (Å²) in [6.45, 7) is 0.191. The largest absolute Gasteiger partial charge is 0.497 e. The summed E-state index contributed by atoms with van der Waals surface area (Å²) in [5, 5.41) is 11.9. The number of hydrogen-bond donors (Lipinski definition) is 2. The lowest BCUT2D eigenvalue weighted by atomic mass is 10.0. The maximum absolute atomic E-state index is 13.5. The van der Waals surface area contributed by atoms with Crippen molar-refractivity contribution in [3.63, 3.8) is 0 Å². The minimum absolute atomic E-state index is 0.116. The third-order valence-electron chi connectivity index (χ3n) is 5.12. The number of benzene rings is 3. The van der Waals surface area contributed by atoms with Crippen LogP contribution in [0.1, 0.15) is 22.7 Å². The van der Waals surface area contributed by atoms with Gasteiger partial charge in [0, 0.05) is 13.1 Å². The fourth-order valence-corrected chi connectivity index (χ4v) is 3.51. The second kappa shape index (κ2) is 11.7. The Kier molecular flexibility index (Phi) is 8.40. The van der Waals surface area contributed by atoms with E-state index < -0.39 is 6.04 Å². The molecule has 0 heterocycles. The van der Waals surface area contributed by atoms with Crippen LogP contribution in [0.25, 0.3) is 0 Å². The Labute approximate surface area is 188 Å². The first-order valence-electron chi connectivity index (χ1n) is 10.5. The summed E-state index contributed by atoms with van der Waals surface area (Å²) in [5.74, 6) is 0.219. The highest BCUT2D eigenvalue weighted by atomic mass is 16.5. The Morgan fingerprint density at radius 1 is 0.906 bits per heavy atom. The first kappa shape index (κ1) is 23.0. The third-order valence-corrected chi connectivity index (χ3v) is 5.12. The number of carbonyl (C=O) groups is 2. The molecule has 0 bridgehead atoms. The number of nitrogens with one attached hydrogen (secondary N) is 1. The Balaban J connectivity index is 1.97. The molecule has 0 fully saturated rings. The molecule has 0 saturated heterocycles. The Morgan fingerprint density at radius 2 is 1.53 bits per heavy atom. The molecule has 6 heteroatoms. The van der Waals surface area contributed by atoms with E-state index >= 15 is 0 Å². The molecular formula is C26H28N2O4. The van der Waals surface area contributed by atoms with Gasteiger partial charge in [0.05, 0.1) is 20.1 Å². The van der Waals surface area contributed by atoms with Crippen LogP contribution in [0.2, 0.25) is 0 Å². The van der Waals surface area contributed by atoms with Crippen molar-refractivity contribution in [3.05, 3.63) is 102 Å². The van der Waals surface area contributed by atoms with Gasteiger partial charge in [-0.05, 0) is 28.8 Å². The SMILES string of the molecule is COc1ccc(CN(C(=O)Cc2ccccc2)C(C(=O)NCCO)c2ccccc2)cc1. The van der Waals surface area contributed by atoms with Crippen molar-refractivity contribution in [2.45, 2.75) is 19.0 Å². The molecule has 0 aliphatic rings. The van der Waals surface area contributed by atoms with E-state index in [9.17, 15) is 14.7 Å². The van der Waals surface area contributed by atoms with E-state index in [0.29, 0.717) is 5.56 Å². The fourth-order valence-electron chi connectivity index (χ4n) is 3.51.